The van der Waals surface area contributed by atoms with E-state index in [1.807, 2.05) is 0 Å². The van der Waals surface area contributed by atoms with Crippen LogP contribution in [0, 0.1) is 0 Å². The predicted molar refractivity (Wildman–Crippen MR) is 59.6 cm³/mol. The summed E-state index contributed by atoms with van der Waals surface area (Å²) in [4.78, 5) is 2.50. The molecule has 0 aliphatic carbocycles. The molecule has 14 heavy (non-hydrogen) atoms. The largest absolute Gasteiger partial charge is 0.379 e. The van der Waals surface area contributed by atoms with Crippen molar-refractivity contribution in [3.63, 3.8) is 0 Å². The Bertz CT molecular complexity index is 141. The Morgan fingerprint density at radius 2 is 2.29 bits per heavy atom. The third kappa shape index (κ3) is 4.40. The molecule has 1 fully saturated rings. The summed E-state index contributed by atoms with van der Waals surface area (Å²) in [5, 5.41) is 3.47. The smallest absolute Gasteiger partial charge is 0.0619 e. The molecule has 1 heterocycles. The molecule has 1 unspecified atom stereocenters. The summed E-state index contributed by atoms with van der Waals surface area (Å²) < 4.78 is 5.39. The molecular formula is C11H24N2O. The highest BCUT2D eigenvalue weighted by Gasteiger charge is 2.17. The number of morpholine rings is 1. The number of rotatable bonds is 6. The SMILES string of the molecule is CCCCNCCN1CCOCC1C. The van der Waals surface area contributed by atoms with Crippen molar-refractivity contribution < 1.29 is 4.74 Å². The highest BCUT2D eigenvalue weighted by Crippen LogP contribution is 2.04. The zero-order valence-corrected chi connectivity index (χ0v) is 9.59. The highest BCUT2D eigenvalue weighted by atomic mass is 16.5. The fourth-order valence-electron chi connectivity index (χ4n) is 1.74. The number of hydrogen-bond donors (Lipinski definition) is 1. The van der Waals surface area contributed by atoms with E-state index >= 15 is 0 Å². The van der Waals surface area contributed by atoms with E-state index < -0.39 is 0 Å². The highest BCUT2D eigenvalue weighted by molar-refractivity contribution is 4.71. The summed E-state index contributed by atoms with van der Waals surface area (Å²) in [6, 6.07) is 0.594. The summed E-state index contributed by atoms with van der Waals surface area (Å²) in [5.41, 5.74) is 0. The van der Waals surface area contributed by atoms with Gasteiger partial charge in [-0.1, -0.05) is 13.3 Å². The zero-order valence-electron chi connectivity index (χ0n) is 9.59. The molecule has 0 aromatic carbocycles. The van der Waals surface area contributed by atoms with Crippen LogP contribution in [0.1, 0.15) is 26.7 Å². The maximum absolute atomic E-state index is 5.39. The van der Waals surface area contributed by atoms with E-state index in [0.29, 0.717) is 6.04 Å². The van der Waals surface area contributed by atoms with Crippen LogP contribution in [0.5, 0.6) is 0 Å². The first kappa shape index (κ1) is 12.0. The predicted octanol–water partition coefficient (Wildman–Crippen LogP) is 1.10. The minimum absolute atomic E-state index is 0.594. The molecule has 0 aromatic heterocycles. The van der Waals surface area contributed by atoms with Crippen LogP contribution in [0.3, 0.4) is 0 Å². The van der Waals surface area contributed by atoms with Crippen LogP contribution in [0.4, 0.5) is 0 Å². The van der Waals surface area contributed by atoms with Gasteiger partial charge in [0.2, 0.25) is 0 Å². The topological polar surface area (TPSA) is 24.5 Å². The molecular weight excluding hydrogens is 176 g/mol. The van der Waals surface area contributed by atoms with Crippen LogP contribution < -0.4 is 5.32 Å². The van der Waals surface area contributed by atoms with Crippen molar-refractivity contribution in [1.29, 1.82) is 0 Å². The number of nitrogens with zero attached hydrogens (tertiary/aromatic N) is 1. The molecule has 0 aromatic rings. The Morgan fingerprint density at radius 3 is 3.00 bits per heavy atom. The van der Waals surface area contributed by atoms with Crippen molar-refractivity contribution in [2.45, 2.75) is 32.7 Å². The van der Waals surface area contributed by atoms with Crippen molar-refractivity contribution >= 4 is 0 Å². The van der Waals surface area contributed by atoms with E-state index in [0.717, 1.165) is 39.4 Å². The zero-order chi connectivity index (χ0) is 10.2. The van der Waals surface area contributed by atoms with E-state index in [1.54, 1.807) is 0 Å². The Kier molecular flexibility index (Phi) is 6.15. The van der Waals surface area contributed by atoms with Gasteiger partial charge in [0.05, 0.1) is 13.2 Å². The molecule has 3 nitrogen and oxygen atoms in total. The second-order valence-electron chi connectivity index (χ2n) is 4.06. The van der Waals surface area contributed by atoms with Crippen molar-refractivity contribution in [3.8, 4) is 0 Å². The summed E-state index contributed by atoms with van der Waals surface area (Å²) in [6.45, 7) is 10.8. The molecule has 0 bridgehead atoms. The molecule has 1 saturated heterocycles. The lowest BCUT2D eigenvalue weighted by atomic mass is 10.2. The van der Waals surface area contributed by atoms with Crippen LogP contribution in [0.2, 0.25) is 0 Å². The molecule has 1 aliphatic heterocycles. The van der Waals surface area contributed by atoms with E-state index in [-0.39, 0.29) is 0 Å². The second kappa shape index (κ2) is 7.21. The number of ether oxygens (including phenoxy) is 1. The first-order chi connectivity index (χ1) is 6.84. The molecule has 1 aliphatic rings. The molecule has 0 amide bonds. The van der Waals surface area contributed by atoms with Gasteiger partial charge in [0.15, 0.2) is 0 Å². The van der Waals surface area contributed by atoms with Gasteiger partial charge in [-0.25, -0.2) is 0 Å². The van der Waals surface area contributed by atoms with E-state index in [4.69, 9.17) is 4.74 Å². The van der Waals surface area contributed by atoms with Crippen LogP contribution in [-0.4, -0.2) is 50.3 Å². The standard InChI is InChI=1S/C11H24N2O/c1-3-4-5-12-6-7-13-8-9-14-10-11(13)2/h11-12H,3-10H2,1-2H3. The van der Waals surface area contributed by atoms with Gasteiger partial charge < -0.3 is 10.1 Å². The average Bonchev–Trinajstić information content (AvgIpc) is 2.20. The molecule has 3 heteroatoms. The van der Waals surface area contributed by atoms with Gasteiger partial charge in [0.1, 0.15) is 0 Å². The minimum Gasteiger partial charge on any atom is -0.379 e. The second-order valence-corrected chi connectivity index (χ2v) is 4.06. The molecule has 0 spiro atoms. The number of nitrogens with one attached hydrogen (secondary N) is 1. The first-order valence-electron chi connectivity index (χ1n) is 5.87. The molecule has 1 N–H and O–H groups in total. The van der Waals surface area contributed by atoms with Crippen molar-refractivity contribution in [2.24, 2.45) is 0 Å². The van der Waals surface area contributed by atoms with Gasteiger partial charge in [-0.15, -0.1) is 0 Å². The van der Waals surface area contributed by atoms with Gasteiger partial charge in [-0.05, 0) is 19.9 Å². The van der Waals surface area contributed by atoms with Gasteiger partial charge in [0, 0.05) is 25.7 Å². The molecule has 1 rings (SSSR count). The van der Waals surface area contributed by atoms with E-state index in [9.17, 15) is 0 Å². The normalized spacial score (nSPS) is 24.0. The third-order valence-corrected chi connectivity index (χ3v) is 2.79. The lowest BCUT2D eigenvalue weighted by Crippen LogP contribution is -2.46. The van der Waals surface area contributed by atoms with Gasteiger partial charge in [-0.2, -0.15) is 0 Å². The maximum Gasteiger partial charge on any atom is 0.0619 e. The summed E-state index contributed by atoms with van der Waals surface area (Å²) >= 11 is 0. The minimum atomic E-state index is 0.594. The molecule has 84 valence electrons. The van der Waals surface area contributed by atoms with Crippen LogP contribution in [0.25, 0.3) is 0 Å². The maximum atomic E-state index is 5.39. The fraction of sp³-hybridized carbons (Fsp3) is 1.00. The quantitative estimate of drug-likeness (QED) is 0.650. The third-order valence-electron chi connectivity index (χ3n) is 2.79. The van der Waals surface area contributed by atoms with Crippen LogP contribution in [-0.2, 0) is 4.74 Å². The van der Waals surface area contributed by atoms with Crippen molar-refractivity contribution in [1.82, 2.24) is 10.2 Å². The Labute approximate surface area is 87.8 Å². The summed E-state index contributed by atoms with van der Waals surface area (Å²) in [7, 11) is 0. The lowest BCUT2D eigenvalue weighted by molar-refractivity contribution is 0.000454. The van der Waals surface area contributed by atoms with E-state index in [2.05, 4.69) is 24.1 Å². The Balaban J connectivity index is 1.99. The van der Waals surface area contributed by atoms with E-state index in [1.165, 1.54) is 12.8 Å². The van der Waals surface area contributed by atoms with Gasteiger partial charge >= 0.3 is 0 Å². The number of unbranched alkanes of at least 4 members (excludes halogenated alkanes) is 1. The molecule has 1 atom stereocenters. The van der Waals surface area contributed by atoms with Crippen molar-refractivity contribution in [3.05, 3.63) is 0 Å². The summed E-state index contributed by atoms with van der Waals surface area (Å²) in [5.74, 6) is 0. The number of hydrogen-bond acceptors (Lipinski definition) is 3. The Morgan fingerprint density at radius 1 is 1.43 bits per heavy atom. The van der Waals surface area contributed by atoms with Crippen LogP contribution >= 0.6 is 0 Å². The Hall–Kier alpha value is -0.120. The van der Waals surface area contributed by atoms with Crippen LogP contribution in [0.15, 0.2) is 0 Å². The molecule has 0 radical (unpaired) electrons. The van der Waals surface area contributed by atoms with Gasteiger partial charge in [-0.3, -0.25) is 4.90 Å². The fourth-order valence-corrected chi connectivity index (χ4v) is 1.74. The first-order valence-corrected chi connectivity index (χ1v) is 5.87. The monoisotopic (exact) mass is 200 g/mol. The van der Waals surface area contributed by atoms with Crippen molar-refractivity contribution in [2.75, 3.05) is 39.4 Å². The average molecular weight is 200 g/mol. The van der Waals surface area contributed by atoms with Gasteiger partial charge in [0.25, 0.3) is 0 Å². The molecule has 0 saturated carbocycles. The lowest BCUT2D eigenvalue weighted by Gasteiger charge is -2.33. The summed E-state index contributed by atoms with van der Waals surface area (Å²) in [6.07, 6.45) is 2.57.